The van der Waals surface area contributed by atoms with E-state index in [0.29, 0.717) is 0 Å². The molecule has 0 atom stereocenters. The van der Waals surface area contributed by atoms with Gasteiger partial charge in [-0.2, -0.15) is 0 Å². The number of nitrogens with zero attached hydrogens (tertiary/aromatic N) is 1. The van der Waals surface area contributed by atoms with Crippen LogP contribution in [0.2, 0.25) is 0 Å². The van der Waals surface area contributed by atoms with E-state index in [1.165, 1.54) is 25.7 Å². The van der Waals surface area contributed by atoms with Gasteiger partial charge in [0.05, 0.1) is 0 Å². The molecular weight excluding hydrogens is 291 g/mol. The zero-order valence-corrected chi connectivity index (χ0v) is 13.0. The number of thiocarbonyl (C=S) groups is 2. The van der Waals surface area contributed by atoms with Gasteiger partial charge in [-0.3, -0.25) is 0 Å². The Bertz CT molecular complexity index is 218. The maximum absolute atomic E-state index is 9.27. The second kappa shape index (κ2) is 18.4. The molecule has 0 saturated carbocycles. The standard InChI is InChI=1S/C11H23NOS.CH3NOS.Na.H/c1-3-5-7-9-12(11(13)14)10-8-6-4-2;2-1(3)4;;/h3-10H2,1-2H3,(H,13,14);(H3,2,3,4);;. The van der Waals surface area contributed by atoms with Gasteiger partial charge in [-0.15, -0.1) is 0 Å². The molecule has 19 heavy (non-hydrogen) atoms. The fourth-order valence-corrected chi connectivity index (χ4v) is 1.59. The quantitative estimate of drug-likeness (QED) is 0.363. The molecular formula is C12H27N2NaO2S2. The van der Waals surface area contributed by atoms with E-state index in [1.807, 2.05) is 4.90 Å². The fraction of sp³-hybridized carbons (Fsp3) is 0.833. The molecule has 0 fully saturated rings. The monoisotopic (exact) mass is 318 g/mol. The summed E-state index contributed by atoms with van der Waals surface area (Å²) in [6, 6.07) is 0. The van der Waals surface area contributed by atoms with E-state index in [4.69, 9.17) is 17.3 Å². The summed E-state index contributed by atoms with van der Waals surface area (Å²) < 4.78 is 0. The third-order valence-electron chi connectivity index (χ3n) is 2.33. The molecule has 0 aromatic heterocycles. The average molecular weight is 318 g/mol. The molecule has 0 aliphatic heterocycles. The van der Waals surface area contributed by atoms with Crippen molar-refractivity contribution in [1.82, 2.24) is 4.90 Å². The van der Waals surface area contributed by atoms with Crippen LogP contribution in [-0.2, 0) is 0 Å². The van der Waals surface area contributed by atoms with E-state index in [1.54, 1.807) is 0 Å². The molecule has 4 N–H and O–H groups in total. The summed E-state index contributed by atoms with van der Waals surface area (Å²) in [5, 5.41) is 16.4. The average Bonchev–Trinajstić information content (AvgIpc) is 2.26. The Hall–Kier alpha value is 0.380. The van der Waals surface area contributed by atoms with Crippen LogP contribution in [-0.4, -0.2) is 68.1 Å². The van der Waals surface area contributed by atoms with Crippen molar-refractivity contribution >= 4 is 64.3 Å². The van der Waals surface area contributed by atoms with Crippen LogP contribution in [0.5, 0.6) is 0 Å². The maximum atomic E-state index is 9.27. The van der Waals surface area contributed by atoms with E-state index in [9.17, 15) is 5.11 Å². The predicted octanol–water partition coefficient (Wildman–Crippen LogP) is 2.65. The Kier molecular flexibility index (Phi) is 23.6. The van der Waals surface area contributed by atoms with Gasteiger partial charge in [0.2, 0.25) is 0 Å². The molecule has 0 amide bonds. The molecule has 0 heterocycles. The first-order valence-electron chi connectivity index (χ1n) is 6.41. The first-order chi connectivity index (χ1) is 8.45. The Balaban J connectivity index is -0.000000448. The molecule has 0 bridgehead atoms. The van der Waals surface area contributed by atoms with Crippen LogP contribution in [0, 0.1) is 0 Å². The third kappa shape index (κ3) is 23.8. The summed E-state index contributed by atoms with van der Waals surface area (Å²) in [5.41, 5.74) is 4.40. The van der Waals surface area contributed by atoms with Crippen molar-refractivity contribution in [3.8, 4) is 0 Å². The SMILES string of the molecule is CCCCCN(CCCCC)C(O)=S.NC(O)=S.[NaH]. The number of hydrogen-bond acceptors (Lipinski definition) is 2. The first kappa shape index (κ1) is 24.4. The van der Waals surface area contributed by atoms with E-state index in [-0.39, 0.29) is 34.7 Å². The topological polar surface area (TPSA) is 69.7 Å². The number of rotatable bonds is 8. The number of aliphatic hydroxyl groups excluding tert-OH is 2. The summed E-state index contributed by atoms with van der Waals surface area (Å²) in [4.78, 5) is 1.92. The Labute approximate surface area is 150 Å². The normalized spacial score (nSPS) is 8.74. The zero-order chi connectivity index (χ0) is 14.4. The van der Waals surface area contributed by atoms with Crippen LogP contribution < -0.4 is 5.73 Å². The third-order valence-corrected chi connectivity index (χ3v) is 2.59. The van der Waals surface area contributed by atoms with Crippen molar-refractivity contribution in [3.63, 3.8) is 0 Å². The molecule has 0 aliphatic carbocycles. The van der Waals surface area contributed by atoms with Gasteiger partial charge < -0.3 is 20.8 Å². The molecule has 4 nitrogen and oxygen atoms in total. The van der Waals surface area contributed by atoms with Gasteiger partial charge in [-0.05, 0) is 37.3 Å². The molecule has 0 rings (SSSR count). The molecule has 110 valence electrons. The van der Waals surface area contributed by atoms with Gasteiger partial charge in [0, 0.05) is 13.1 Å². The number of unbranched alkanes of at least 4 members (excludes halogenated alkanes) is 4. The molecule has 0 radical (unpaired) electrons. The molecule has 0 saturated heterocycles. The number of hydrogen-bond donors (Lipinski definition) is 3. The van der Waals surface area contributed by atoms with E-state index >= 15 is 0 Å². The Morgan fingerprint density at radius 1 is 0.947 bits per heavy atom. The number of aliphatic hydroxyl groups is 2. The first-order valence-corrected chi connectivity index (χ1v) is 7.23. The summed E-state index contributed by atoms with van der Waals surface area (Å²) in [6.45, 7) is 6.18. The fourth-order valence-electron chi connectivity index (χ4n) is 1.41. The Morgan fingerprint density at radius 2 is 1.26 bits per heavy atom. The van der Waals surface area contributed by atoms with Gasteiger partial charge in [-0.1, -0.05) is 39.5 Å². The second-order valence-electron chi connectivity index (χ2n) is 4.02. The summed E-state index contributed by atoms with van der Waals surface area (Å²) in [7, 11) is 0. The molecule has 0 aromatic rings. The van der Waals surface area contributed by atoms with Crippen LogP contribution in [0.3, 0.4) is 0 Å². The van der Waals surface area contributed by atoms with Crippen LogP contribution in [0.4, 0.5) is 0 Å². The Morgan fingerprint density at radius 3 is 1.47 bits per heavy atom. The minimum atomic E-state index is -0.500. The second-order valence-corrected chi connectivity index (χ2v) is 4.81. The molecule has 0 aromatic carbocycles. The van der Waals surface area contributed by atoms with Crippen LogP contribution in [0.25, 0.3) is 0 Å². The van der Waals surface area contributed by atoms with E-state index in [0.717, 1.165) is 25.9 Å². The van der Waals surface area contributed by atoms with Crippen LogP contribution >= 0.6 is 24.4 Å². The van der Waals surface area contributed by atoms with Crippen molar-refractivity contribution in [1.29, 1.82) is 0 Å². The van der Waals surface area contributed by atoms with Crippen molar-refractivity contribution in [2.75, 3.05) is 13.1 Å². The van der Waals surface area contributed by atoms with Crippen LogP contribution in [0.1, 0.15) is 52.4 Å². The van der Waals surface area contributed by atoms with Gasteiger partial charge in [-0.25, -0.2) is 0 Å². The van der Waals surface area contributed by atoms with Crippen molar-refractivity contribution in [3.05, 3.63) is 0 Å². The molecule has 0 unspecified atom stereocenters. The van der Waals surface area contributed by atoms with E-state index < -0.39 is 5.17 Å². The van der Waals surface area contributed by atoms with Crippen molar-refractivity contribution < 1.29 is 10.2 Å². The summed E-state index contributed by atoms with van der Waals surface area (Å²) >= 11 is 8.67. The van der Waals surface area contributed by atoms with Gasteiger partial charge >= 0.3 is 29.6 Å². The summed E-state index contributed by atoms with van der Waals surface area (Å²) in [6.07, 6.45) is 7.11. The molecule has 7 heteroatoms. The van der Waals surface area contributed by atoms with Gasteiger partial charge in [0.15, 0.2) is 0 Å². The number of nitrogens with two attached hydrogens (primary N) is 1. The minimum absolute atomic E-state index is 0. The van der Waals surface area contributed by atoms with Crippen LogP contribution in [0.15, 0.2) is 0 Å². The molecule has 0 aliphatic rings. The van der Waals surface area contributed by atoms with Crippen molar-refractivity contribution in [2.45, 2.75) is 52.4 Å². The van der Waals surface area contributed by atoms with Crippen molar-refractivity contribution in [2.24, 2.45) is 5.73 Å². The van der Waals surface area contributed by atoms with Gasteiger partial charge in [0.1, 0.15) is 0 Å². The summed E-state index contributed by atoms with van der Waals surface area (Å²) in [5.74, 6) is 0. The van der Waals surface area contributed by atoms with Gasteiger partial charge in [0.25, 0.3) is 10.3 Å². The zero-order valence-electron chi connectivity index (χ0n) is 11.4. The molecule has 0 spiro atoms. The predicted molar refractivity (Wildman–Crippen MR) is 92.4 cm³/mol. The van der Waals surface area contributed by atoms with E-state index in [2.05, 4.69) is 31.8 Å².